The van der Waals surface area contributed by atoms with Crippen LogP contribution in [0.1, 0.15) is 11.4 Å². The fraction of sp³-hybridized carbons (Fsp3) is 0.200. The van der Waals surface area contributed by atoms with E-state index in [4.69, 9.17) is 11.0 Å². The molecular formula is C10H10N6O. The molecule has 0 radical (unpaired) electrons. The van der Waals surface area contributed by atoms with Crippen molar-refractivity contribution in [1.29, 1.82) is 5.26 Å². The highest BCUT2D eigenvalue weighted by molar-refractivity contribution is 5.68. The van der Waals surface area contributed by atoms with Gasteiger partial charge < -0.3 is 15.6 Å². The summed E-state index contributed by atoms with van der Waals surface area (Å²) in [4.78, 5) is 7.94. The van der Waals surface area contributed by atoms with Gasteiger partial charge in [-0.15, -0.1) is 0 Å². The van der Waals surface area contributed by atoms with Crippen molar-refractivity contribution in [2.45, 2.75) is 6.42 Å². The van der Waals surface area contributed by atoms with Crippen molar-refractivity contribution < 1.29 is 4.52 Å². The van der Waals surface area contributed by atoms with Gasteiger partial charge >= 0.3 is 0 Å². The van der Waals surface area contributed by atoms with Crippen LogP contribution in [-0.4, -0.2) is 21.7 Å². The Hall–Kier alpha value is -2.62. The number of aromatic nitrogens is 3. The summed E-state index contributed by atoms with van der Waals surface area (Å²) >= 11 is 0. The zero-order valence-corrected chi connectivity index (χ0v) is 8.92. The molecule has 0 aliphatic carbocycles. The van der Waals surface area contributed by atoms with Gasteiger partial charge in [-0.1, -0.05) is 5.16 Å². The Bertz CT molecular complexity index is 530. The van der Waals surface area contributed by atoms with Crippen LogP contribution >= 0.6 is 0 Å². The van der Waals surface area contributed by atoms with Gasteiger partial charge in [0.05, 0.1) is 11.3 Å². The molecule has 0 fully saturated rings. The van der Waals surface area contributed by atoms with Gasteiger partial charge in [0.2, 0.25) is 6.39 Å². The van der Waals surface area contributed by atoms with E-state index in [0.717, 1.165) is 0 Å². The number of nitrogens with two attached hydrogens (primary N) is 1. The van der Waals surface area contributed by atoms with E-state index in [9.17, 15) is 0 Å². The molecule has 2 aromatic heterocycles. The van der Waals surface area contributed by atoms with Gasteiger partial charge in [-0.3, -0.25) is 0 Å². The van der Waals surface area contributed by atoms with Crippen molar-refractivity contribution in [3.63, 3.8) is 0 Å². The SMILES string of the molecule is N#Cc1ccnc(NCCc2ncon2)c1N. The Labute approximate surface area is 97.3 Å². The third kappa shape index (κ3) is 2.49. The summed E-state index contributed by atoms with van der Waals surface area (Å²) in [5.41, 5.74) is 6.51. The van der Waals surface area contributed by atoms with Crippen molar-refractivity contribution in [3.8, 4) is 6.07 Å². The number of pyridine rings is 1. The maximum absolute atomic E-state index is 8.80. The minimum absolute atomic E-state index is 0.350. The van der Waals surface area contributed by atoms with Gasteiger partial charge in [0.15, 0.2) is 11.6 Å². The van der Waals surface area contributed by atoms with Crippen molar-refractivity contribution in [1.82, 2.24) is 15.1 Å². The van der Waals surface area contributed by atoms with E-state index in [2.05, 4.69) is 25.0 Å². The Morgan fingerprint density at radius 3 is 3.06 bits per heavy atom. The second-order valence-corrected chi connectivity index (χ2v) is 3.26. The van der Waals surface area contributed by atoms with Gasteiger partial charge in [-0.05, 0) is 6.07 Å². The summed E-state index contributed by atoms with van der Waals surface area (Å²) in [5.74, 6) is 1.10. The monoisotopic (exact) mass is 230 g/mol. The first-order valence-corrected chi connectivity index (χ1v) is 4.95. The Balaban J connectivity index is 1.98. The molecule has 7 heteroatoms. The van der Waals surface area contributed by atoms with Gasteiger partial charge in [0.1, 0.15) is 6.07 Å². The van der Waals surface area contributed by atoms with Crippen LogP contribution in [-0.2, 0) is 6.42 Å². The average molecular weight is 230 g/mol. The lowest BCUT2D eigenvalue weighted by Gasteiger charge is -2.07. The lowest BCUT2D eigenvalue weighted by molar-refractivity contribution is 0.410. The molecule has 0 spiro atoms. The molecule has 3 N–H and O–H groups in total. The summed E-state index contributed by atoms with van der Waals surface area (Å²) < 4.78 is 4.61. The maximum atomic E-state index is 8.80. The molecule has 0 aromatic carbocycles. The minimum atomic E-state index is 0.350. The molecule has 0 atom stereocenters. The number of nitrogens with one attached hydrogen (secondary N) is 1. The van der Waals surface area contributed by atoms with Crippen molar-refractivity contribution in [2.24, 2.45) is 0 Å². The first-order valence-electron chi connectivity index (χ1n) is 4.95. The predicted octanol–water partition coefficient (Wildman–Crippen LogP) is 0.573. The highest BCUT2D eigenvalue weighted by Crippen LogP contribution is 2.18. The number of nitriles is 1. The van der Waals surface area contributed by atoms with Crippen LogP contribution in [0.2, 0.25) is 0 Å². The molecule has 0 bridgehead atoms. The van der Waals surface area contributed by atoms with Gasteiger partial charge in [0, 0.05) is 19.2 Å². The van der Waals surface area contributed by atoms with E-state index < -0.39 is 0 Å². The standard InChI is InChI=1S/C10H10N6O/c11-5-7-1-3-13-10(9(7)12)14-4-2-8-15-6-17-16-8/h1,3,6H,2,4,12H2,(H,13,14). The Morgan fingerprint density at radius 1 is 1.47 bits per heavy atom. The zero-order chi connectivity index (χ0) is 12.1. The summed E-state index contributed by atoms with van der Waals surface area (Å²) in [5, 5.41) is 15.5. The highest BCUT2D eigenvalue weighted by Gasteiger charge is 2.05. The lowest BCUT2D eigenvalue weighted by atomic mass is 10.2. The molecule has 0 unspecified atom stereocenters. The van der Waals surface area contributed by atoms with Crippen molar-refractivity contribution in [2.75, 3.05) is 17.6 Å². The molecular weight excluding hydrogens is 220 g/mol. The first-order chi connectivity index (χ1) is 8.31. The van der Waals surface area contributed by atoms with Crippen LogP contribution in [0, 0.1) is 11.3 Å². The molecule has 0 saturated carbocycles. The van der Waals surface area contributed by atoms with Crippen molar-refractivity contribution >= 4 is 11.5 Å². The molecule has 86 valence electrons. The molecule has 2 heterocycles. The largest absolute Gasteiger partial charge is 0.395 e. The second kappa shape index (κ2) is 4.94. The molecule has 2 rings (SSSR count). The molecule has 0 amide bonds. The summed E-state index contributed by atoms with van der Waals surface area (Å²) in [6.07, 6.45) is 3.40. The minimum Gasteiger partial charge on any atom is -0.395 e. The van der Waals surface area contributed by atoms with E-state index in [-0.39, 0.29) is 0 Å². The van der Waals surface area contributed by atoms with Crippen LogP contribution in [0.3, 0.4) is 0 Å². The molecule has 2 aromatic rings. The molecule has 7 nitrogen and oxygen atoms in total. The summed E-state index contributed by atoms with van der Waals surface area (Å²) in [6, 6.07) is 3.56. The quantitative estimate of drug-likeness (QED) is 0.789. The van der Waals surface area contributed by atoms with E-state index in [1.165, 1.54) is 12.6 Å². The van der Waals surface area contributed by atoms with Crippen LogP contribution < -0.4 is 11.1 Å². The number of nitrogens with zero attached hydrogens (tertiary/aromatic N) is 4. The number of hydrogen-bond donors (Lipinski definition) is 2. The first kappa shape index (κ1) is 10.9. The fourth-order valence-electron chi connectivity index (χ4n) is 1.31. The van der Waals surface area contributed by atoms with Gasteiger partial charge in [-0.25, -0.2) is 4.98 Å². The summed E-state index contributed by atoms with van der Waals surface area (Å²) in [7, 11) is 0. The normalized spacial score (nSPS) is 9.82. The van der Waals surface area contributed by atoms with Crippen molar-refractivity contribution in [3.05, 3.63) is 30.0 Å². The molecule has 17 heavy (non-hydrogen) atoms. The number of hydrogen-bond acceptors (Lipinski definition) is 7. The third-order valence-electron chi connectivity index (χ3n) is 2.16. The van der Waals surface area contributed by atoms with E-state index in [1.807, 2.05) is 6.07 Å². The lowest BCUT2D eigenvalue weighted by Crippen LogP contribution is -2.10. The molecule has 0 aliphatic rings. The van der Waals surface area contributed by atoms with Crippen LogP contribution in [0.25, 0.3) is 0 Å². The van der Waals surface area contributed by atoms with E-state index >= 15 is 0 Å². The third-order valence-corrected chi connectivity index (χ3v) is 2.16. The zero-order valence-electron chi connectivity index (χ0n) is 8.92. The number of anilines is 2. The predicted molar refractivity (Wildman–Crippen MR) is 59.9 cm³/mol. The van der Waals surface area contributed by atoms with Crippen LogP contribution in [0.5, 0.6) is 0 Å². The topological polar surface area (TPSA) is 114 Å². The highest BCUT2D eigenvalue weighted by atomic mass is 16.5. The second-order valence-electron chi connectivity index (χ2n) is 3.26. The smallest absolute Gasteiger partial charge is 0.213 e. The number of nitrogen functional groups attached to an aromatic ring is 1. The summed E-state index contributed by atoms with van der Waals surface area (Å²) in [6.45, 7) is 0.561. The van der Waals surface area contributed by atoms with E-state index in [0.29, 0.717) is 35.9 Å². The van der Waals surface area contributed by atoms with Crippen LogP contribution in [0.15, 0.2) is 23.2 Å². The Morgan fingerprint density at radius 2 is 2.35 bits per heavy atom. The average Bonchev–Trinajstić information content (AvgIpc) is 2.84. The van der Waals surface area contributed by atoms with E-state index in [1.54, 1.807) is 6.07 Å². The molecule has 0 aliphatic heterocycles. The maximum Gasteiger partial charge on any atom is 0.213 e. The Kier molecular flexibility index (Phi) is 3.16. The number of rotatable bonds is 4. The van der Waals surface area contributed by atoms with Gasteiger partial charge in [0.25, 0.3) is 0 Å². The van der Waals surface area contributed by atoms with Gasteiger partial charge in [-0.2, -0.15) is 10.2 Å². The fourth-order valence-corrected chi connectivity index (χ4v) is 1.31. The van der Waals surface area contributed by atoms with Crippen LogP contribution in [0.4, 0.5) is 11.5 Å². The molecule has 0 saturated heterocycles.